The highest BCUT2D eigenvalue weighted by Gasteiger charge is 2.24. The van der Waals surface area contributed by atoms with Gasteiger partial charge in [-0.1, -0.05) is 25.6 Å². The third-order valence-corrected chi connectivity index (χ3v) is 5.59. The van der Waals surface area contributed by atoms with Gasteiger partial charge in [-0.3, -0.25) is 15.3 Å². The molecule has 0 aliphatic carbocycles. The van der Waals surface area contributed by atoms with Gasteiger partial charge in [0.05, 0.1) is 22.9 Å². The van der Waals surface area contributed by atoms with Gasteiger partial charge >= 0.3 is 0 Å². The van der Waals surface area contributed by atoms with Gasteiger partial charge in [0.1, 0.15) is 11.5 Å². The molecule has 0 amide bonds. The van der Waals surface area contributed by atoms with Crippen LogP contribution in [0.15, 0.2) is 58.0 Å². The Morgan fingerprint density at radius 1 is 1.41 bits per heavy atom. The van der Waals surface area contributed by atoms with E-state index >= 15 is 0 Å². The summed E-state index contributed by atoms with van der Waals surface area (Å²) >= 11 is 1.60. The molecule has 27 heavy (non-hydrogen) atoms. The van der Waals surface area contributed by atoms with Crippen LogP contribution in [0.5, 0.6) is 0 Å². The molecule has 1 aliphatic rings. The molecule has 1 fully saturated rings. The summed E-state index contributed by atoms with van der Waals surface area (Å²) in [5.41, 5.74) is 3.51. The molecular weight excluding hydrogens is 359 g/mol. The number of thiophene rings is 1. The molecule has 0 radical (unpaired) electrons. The van der Waals surface area contributed by atoms with Crippen molar-refractivity contribution in [3.63, 3.8) is 0 Å². The molecular formula is C21H25FN4S. The van der Waals surface area contributed by atoms with E-state index in [1.807, 2.05) is 17.5 Å². The van der Waals surface area contributed by atoms with E-state index in [0.717, 1.165) is 40.6 Å². The summed E-state index contributed by atoms with van der Waals surface area (Å²) < 4.78 is 13.3. The molecule has 4 nitrogen and oxygen atoms in total. The van der Waals surface area contributed by atoms with Crippen LogP contribution in [0.4, 0.5) is 10.1 Å². The van der Waals surface area contributed by atoms with Crippen molar-refractivity contribution in [2.24, 2.45) is 15.9 Å². The maximum absolute atomic E-state index is 13.3. The molecule has 142 valence electrons. The van der Waals surface area contributed by atoms with Crippen LogP contribution < -0.4 is 5.32 Å². The van der Waals surface area contributed by atoms with Gasteiger partial charge < -0.3 is 4.90 Å². The van der Waals surface area contributed by atoms with E-state index < -0.39 is 0 Å². The van der Waals surface area contributed by atoms with E-state index in [1.165, 1.54) is 18.6 Å². The van der Waals surface area contributed by atoms with Gasteiger partial charge in [0, 0.05) is 19.6 Å². The van der Waals surface area contributed by atoms with Crippen molar-refractivity contribution in [3.8, 4) is 0 Å². The van der Waals surface area contributed by atoms with Crippen molar-refractivity contribution in [1.29, 1.82) is 0 Å². The Hall–Kier alpha value is -2.31. The molecule has 1 aromatic heterocycles. The predicted octanol–water partition coefficient (Wildman–Crippen LogP) is 4.61. The number of likely N-dealkylation sites (tertiary alicyclic amines) is 1. The number of aliphatic imine (C=N–C) groups is 2. The zero-order valence-corrected chi connectivity index (χ0v) is 16.4. The van der Waals surface area contributed by atoms with Gasteiger partial charge in [-0.25, -0.2) is 4.39 Å². The van der Waals surface area contributed by atoms with E-state index in [9.17, 15) is 4.39 Å². The standard InChI is InChI=1S/C21H25FN4S/c1-15-7-9-26(13-15)16(2)20(21-19(23-3)8-10-27-21)25-14-24-12-17-5-4-6-18(22)11-17/h4-6,8,10-11,15,24H,2-3,7,9,12-14H2,1H3/b25-20-. The SMILES string of the molecule is C=Nc1ccsc1/C(=N\CNCc1cccc(F)c1)C(=C)N1CCC(C)C1. The summed E-state index contributed by atoms with van der Waals surface area (Å²) in [4.78, 5) is 12.2. The van der Waals surface area contributed by atoms with Crippen molar-refractivity contribution in [3.05, 3.63) is 64.2 Å². The van der Waals surface area contributed by atoms with Crippen LogP contribution in [0.25, 0.3) is 0 Å². The van der Waals surface area contributed by atoms with E-state index in [0.29, 0.717) is 19.1 Å². The van der Waals surface area contributed by atoms with Gasteiger partial charge in [0.2, 0.25) is 0 Å². The largest absolute Gasteiger partial charge is 0.370 e. The second-order valence-electron chi connectivity index (χ2n) is 6.80. The lowest BCUT2D eigenvalue weighted by Gasteiger charge is -2.22. The number of nitrogens with zero attached hydrogens (tertiary/aromatic N) is 3. The van der Waals surface area contributed by atoms with Crippen molar-refractivity contribution >= 4 is 29.5 Å². The van der Waals surface area contributed by atoms with Crippen LogP contribution in [-0.4, -0.2) is 37.1 Å². The third kappa shape index (κ3) is 4.90. The molecule has 1 unspecified atom stereocenters. The Bertz CT molecular complexity index is 842. The first-order chi connectivity index (χ1) is 13.1. The van der Waals surface area contributed by atoms with Crippen LogP contribution >= 0.6 is 11.3 Å². The highest BCUT2D eigenvalue weighted by molar-refractivity contribution is 7.13. The van der Waals surface area contributed by atoms with Gasteiger partial charge in [0.25, 0.3) is 0 Å². The number of nitrogens with one attached hydrogen (secondary N) is 1. The normalized spacial score (nSPS) is 17.3. The van der Waals surface area contributed by atoms with Crippen molar-refractivity contribution in [2.45, 2.75) is 19.9 Å². The van der Waals surface area contributed by atoms with Gasteiger partial charge in [-0.15, -0.1) is 11.3 Å². The van der Waals surface area contributed by atoms with E-state index in [1.54, 1.807) is 17.4 Å². The highest BCUT2D eigenvalue weighted by atomic mass is 32.1. The van der Waals surface area contributed by atoms with Crippen molar-refractivity contribution < 1.29 is 4.39 Å². The molecule has 1 atom stereocenters. The first kappa shape index (κ1) is 19.5. The first-order valence-corrected chi connectivity index (χ1v) is 9.95. The first-order valence-electron chi connectivity index (χ1n) is 9.07. The Balaban J connectivity index is 1.74. The average molecular weight is 385 g/mol. The van der Waals surface area contributed by atoms with Crippen LogP contribution in [0.2, 0.25) is 0 Å². The molecule has 1 aliphatic heterocycles. The fourth-order valence-corrected chi connectivity index (χ4v) is 4.09. The summed E-state index contributed by atoms with van der Waals surface area (Å²) in [5, 5.41) is 5.25. The Morgan fingerprint density at radius 2 is 2.26 bits per heavy atom. The number of hydrogen-bond donors (Lipinski definition) is 1. The van der Waals surface area contributed by atoms with E-state index in [4.69, 9.17) is 4.99 Å². The molecule has 0 spiro atoms. The summed E-state index contributed by atoms with van der Waals surface area (Å²) in [6.45, 7) is 13.2. The quantitative estimate of drug-likeness (QED) is 0.533. The Labute approximate surface area is 164 Å². The maximum atomic E-state index is 13.3. The number of rotatable bonds is 8. The maximum Gasteiger partial charge on any atom is 0.123 e. The number of allylic oxidation sites excluding steroid dienone is 1. The summed E-state index contributed by atoms with van der Waals surface area (Å²) in [6, 6.07) is 8.53. The van der Waals surface area contributed by atoms with Crippen LogP contribution in [0.3, 0.4) is 0 Å². The molecule has 0 saturated carbocycles. The fraction of sp³-hybridized carbons (Fsp3) is 0.333. The van der Waals surface area contributed by atoms with Crippen molar-refractivity contribution in [2.75, 3.05) is 19.8 Å². The average Bonchev–Trinajstić information content (AvgIpc) is 3.30. The molecule has 1 aromatic carbocycles. The van der Waals surface area contributed by atoms with E-state index in [-0.39, 0.29) is 5.82 Å². The molecule has 6 heteroatoms. The molecule has 1 N–H and O–H groups in total. The van der Waals surface area contributed by atoms with Gasteiger partial charge in [-0.05, 0) is 48.2 Å². The zero-order valence-electron chi connectivity index (χ0n) is 15.6. The summed E-state index contributed by atoms with van der Waals surface area (Å²) in [5.74, 6) is 0.435. The summed E-state index contributed by atoms with van der Waals surface area (Å²) in [6.07, 6.45) is 1.17. The highest BCUT2D eigenvalue weighted by Crippen LogP contribution is 2.30. The molecule has 2 heterocycles. The summed E-state index contributed by atoms with van der Waals surface area (Å²) in [7, 11) is 0. The predicted molar refractivity (Wildman–Crippen MR) is 113 cm³/mol. The number of hydrogen-bond acceptors (Lipinski definition) is 5. The molecule has 3 rings (SSSR count). The number of benzene rings is 1. The second-order valence-corrected chi connectivity index (χ2v) is 7.72. The third-order valence-electron chi connectivity index (χ3n) is 4.68. The monoisotopic (exact) mass is 384 g/mol. The molecule has 1 saturated heterocycles. The minimum absolute atomic E-state index is 0.227. The lowest BCUT2D eigenvalue weighted by molar-refractivity contribution is 0.431. The van der Waals surface area contributed by atoms with Crippen LogP contribution in [0.1, 0.15) is 23.8 Å². The van der Waals surface area contributed by atoms with Crippen LogP contribution in [-0.2, 0) is 6.54 Å². The topological polar surface area (TPSA) is 40.0 Å². The number of halogens is 1. The Morgan fingerprint density at radius 3 is 2.96 bits per heavy atom. The lowest BCUT2D eigenvalue weighted by atomic mass is 10.2. The van der Waals surface area contributed by atoms with Crippen LogP contribution in [0, 0.1) is 11.7 Å². The van der Waals surface area contributed by atoms with Crippen molar-refractivity contribution in [1.82, 2.24) is 10.2 Å². The fourth-order valence-electron chi connectivity index (χ4n) is 3.21. The minimum Gasteiger partial charge on any atom is -0.370 e. The lowest BCUT2D eigenvalue weighted by Crippen LogP contribution is -2.26. The molecule has 0 bridgehead atoms. The minimum atomic E-state index is -0.227. The molecule has 2 aromatic rings. The smallest absolute Gasteiger partial charge is 0.123 e. The van der Waals surface area contributed by atoms with E-state index in [2.05, 4.69) is 35.4 Å². The Kier molecular flexibility index (Phi) is 6.53. The second kappa shape index (κ2) is 9.06. The van der Waals surface area contributed by atoms with Gasteiger partial charge in [0.15, 0.2) is 0 Å². The zero-order chi connectivity index (χ0) is 19.2. The van der Waals surface area contributed by atoms with Gasteiger partial charge in [-0.2, -0.15) is 0 Å².